The molecular weight excluding hydrogens is 204 g/mol. The molecule has 0 radical (unpaired) electrons. The van der Waals surface area contributed by atoms with Crippen molar-refractivity contribution in [3.8, 4) is 0 Å². The van der Waals surface area contributed by atoms with Crippen LogP contribution < -0.4 is 10.6 Å². The van der Waals surface area contributed by atoms with Gasteiger partial charge in [-0.05, 0) is 32.2 Å². The van der Waals surface area contributed by atoms with Gasteiger partial charge in [0.1, 0.15) is 0 Å². The lowest BCUT2D eigenvalue weighted by molar-refractivity contribution is -0.123. The van der Waals surface area contributed by atoms with Gasteiger partial charge in [0.25, 0.3) is 0 Å². The van der Waals surface area contributed by atoms with Gasteiger partial charge in [-0.25, -0.2) is 0 Å². The van der Waals surface area contributed by atoms with Gasteiger partial charge in [0.05, 0.1) is 12.6 Å². The molecule has 1 saturated heterocycles. The van der Waals surface area contributed by atoms with Crippen LogP contribution in [0.15, 0.2) is 0 Å². The number of nitrogens with one attached hydrogen (secondary N) is 2. The Kier molecular flexibility index (Phi) is 5.22. The zero-order valence-corrected chi connectivity index (χ0v) is 10.4. The first kappa shape index (κ1) is 13.5. The molecule has 94 valence electrons. The van der Waals surface area contributed by atoms with Crippen LogP contribution in [-0.4, -0.2) is 36.8 Å². The van der Waals surface area contributed by atoms with E-state index in [0.29, 0.717) is 6.54 Å². The number of amides is 1. The number of carbonyl (C=O) groups excluding carboxylic acids is 1. The third kappa shape index (κ3) is 3.19. The molecule has 4 heteroatoms. The summed E-state index contributed by atoms with van der Waals surface area (Å²) in [5.41, 5.74) is -0.145. The summed E-state index contributed by atoms with van der Waals surface area (Å²) in [6.07, 6.45) is 3.78. The van der Waals surface area contributed by atoms with Gasteiger partial charge in [0, 0.05) is 12.0 Å². The van der Waals surface area contributed by atoms with E-state index in [9.17, 15) is 9.90 Å². The first-order chi connectivity index (χ1) is 7.67. The molecule has 4 nitrogen and oxygen atoms in total. The second kappa shape index (κ2) is 6.21. The van der Waals surface area contributed by atoms with E-state index in [1.54, 1.807) is 0 Å². The lowest BCUT2D eigenvalue weighted by atomic mass is 9.83. The molecule has 1 atom stereocenters. The van der Waals surface area contributed by atoms with Crippen LogP contribution in [0.5, 0.6) is 0 Å². The molecule has 1 rings (SSSR count). The van der Waals surface area contributed by atoms with Crippen LogP contribution in [0.4, 0.5) is 0 Å². The third-order valence-corrected chi connectivity index (χ3v) is 3.85. The van der Waals surface area contributed by atoms with E-state index in [2.05, 4.69) is 24.5 Å². The zero-order chi connectivity index (χ0) is 12.0. The molecule has 0 aromatic heterocycles. The minimum atomic E-state index is -0.145. The Bertz CT molecular complexity index is 213. The third-order valence-electron chi connectivity index (χ3n) is 3.85. The fourth-order valence-electron chi connectivity index (χ4n) is 2.09. The van der Waals surface area contributed by atoms with Crippen LogP contribution in [-0.2, 0) is 4.79 Å². The highest BCUT2D eigenvalue weighted by Gasteiger charge is 2.28. The summed E-state index contributed by atoms with van der Waals surface area (Å²) in [6, 6.07) is -0.0231. The fraction of sp³-hybridized carbons (Fsp3) is 0.917. The Labute approximate surface area is 97.8 Å². The van der Waals surface area contributed by atoms with Crippen molar-refractivity contribution in [1.29, 1.82) is 0 Å². The van der Waals surface area contributed by atoms with Gasteiger partial charge in [-0.15, -0.1) is 0 Å². The number of hydrogen-bond acceptors (Lipinski definition) is 3. The molecule has 1 fully saturated rings. The molecular formula is C12H24N2O2. The van der Waals surface area contributed by atoms with Gasteiger partial charge >= 0.3 is 0 Å². The summed E-state index contributed by atoms with van der Waals surface area (Å²) in [7, 11) is 0. The minimum Gasteiger partial charge on any atom is -0.396 e. The van der Waals surface area contributed by atoms with E-state index < -0.39 is 0 Å². The van der Waals surface area contributed by atoms with Gasteiger partial charge in [-0.2, -0.15) is 0 Å². The smallest absolute Gasteiger partial charge is 0.237 e. The molecule has 0 aromatic carbocycles. The summed E-state index contributed by atoms with van der Waals surface area (Å²) in [5.74, 6) is 0.0808. The predicted octanol–water partition coefficient (Wildman–Crippen LogP) is 0.653. The molecule has 1 heterocycles. The van der Waals surface area contributed by atoms with Crippen LogP contribution in [0.1, 0.15) is 39.5 Å². The van der Waals surface area contributed by atoms with Gasteiger partial charge in [0.15, 0.2) is 0 Å². The average molecular weight is 228 g/mol. The van der Waals surface area contributed by atoms with E-state index in [0.717, 1.165) is 32.2 Å². The van der Waals surface area contributed by atoms with Gasteiger partial charge in [-0.1, -0.05) is 13.8 Å². The number of aliphatic hydroxyl groups is 1. The molecule has 0 aromatic rings. The quantitative estimate of drug-likeness (QED) is 0.625. The molecule has 0 spiro atoms. The Morgan fingerprint density at radius 3 is 2.62 bits per heavy atom. The largest absolute Gasteiger partial charge is 0.396 e. The Balaban J connectivity index is 2.39. The molecule has 16 heavy (non-hydrogen) atoms. The van der Waals surface area contributed by atoms with Crippen LogP contribution in [0, 0.1) is 5.41 Å². The van der Waals surface area contributed by atoms with Crippen LogP contribution in [0.3, 0.4) is 0 Å². The monoisotopic (exact) mass is 228 g/mol. The topological polar surface area (TPSA) is 61.4 Å². The Hall–Kier alpha value is -0.610. The van der Waals surface area contributed by atoms with Crippen molar-refractivity contribution in [3.63, 3.8) is 0 Å². The normalized spacial score (nSPS) is 21.1. The number of aliphatic hydroxyl groups excluding tert-OH is 1. The molecule has 1 aliphatic heterocycles. The SMILES string of the molecule is CCC(CC)(CO)CNC(=O)[C@H]1CCCN1. The lowest BCUT2D eigenvalue weighted by Crippen LogP contribution is -2.46. The summed E-state index contributed by atoms with van der Waals surface area (Å²) in [5, 5.41) is 15.5. The summed E-state index contributed by atoms with van der Waals surface area (Å²) < 4.78 is 0. The first-order valence-electron chi connectivity index (χ1n) is 6.29. The Morgan fingerprint density at radius 2 is 2.19 bits per heavy atom. The van der Waals surface area contributed by atoms with Crippen molar-refractivity contribution >= 4 is 5.91 Å². The second-order valence-electron chi connectivity index (χ2n) is 4.73. The lowest BCUT2D eigenvalue weighted by Gasteiger charge is -2.30. The predicted molar refractivity (Wildman–Crippen MR) is 64.1 cm³/mol. The van der Waals surface area contributed by atoms with Gasteiger partial charge in [0.2, 0.25) is 5.91 Å². The standard InChI is InChI=1S/C12H24N2O2/c1-3-12(4-2,9-15)8-14-11(16)10-6-5-7-13-10/h10,13,15H,3-9H2,1-2H3,(H,14,16)/t10-/m1/s1. The molecule has 1 aliphatic rings. The summed E-state index contributed by atoms with van der Waals surface area (Å²) in [4.78, 5) is 11.8. The highest BCUT2D eigenvalue weighted by molar-refractivity contribution is 5.82. The molecule has 0 aliphatic carbocycles. The van der Waals surface area contributed by atoms with E-state index in [1.165, 1.54) is 0 Å². The van der Waals surface area contributed by atoms with Crippen LogP contribution >= 0.6 is 0 Å². The molecule has 0 saturated carbocycles. The number of rotatable bonds is 6. The number of carbonyl (C=O) groups is 1. The van der Waals surface area contributed by atoms with E-state index in [4.69, 9.17) is 0 Å². The van der Waals surface area contributed by atoms with Crippen molar-refractivity contribution in [1.82, 2.24) is 10.6 Å². The van der Waals surface area contributed by atoms with Crippen molar-refractivity contribution in [3.05, 3.63) is 0 Å². The molecule has 0 unspecified atom stereocenters. The zero-order valence-electron chi connectivity index (χ0n) is 10.4. The van der Waals surface area contributed by atoms with Crippen molar-refractivity contribution in [2.45, 2.75) is 45.6 Å². The van der Waals surface area contributed by atoms with E-state index >= 15 is 0 Å². The van der Waals surface area contributed by atoms with Gasteiger partial charge in [-0.3, -0.25) is 4.79 Å². The maximum absolute atomic E-state index is 11.8. The average Bonchev–Trinajstić information content (AvgIpc) is 2.85. The summed E-state index contributed by atoms with van der Waals surface area (Å²) >= 11 is 0. The summed E-state index contributed by atoms with van der Waals surface area (Å²) in [6.45, 7) is 5.76. The maximum Gasteiger partial charge on any atom is 0.237 e. The Morgan fingerprint density at radius 1 is 1.50 bits per heavy atom. The number of hydrogen-bond donors (Lipinski definition) is 3. The molecule has 3 N–H and O–H groups in total. The highest BCUT2D eigenvalue weighted by Crippen LogP contribution is 2.24. The van der Waals surface area contributed by atoms with Crippen molar-refractivity contribution in [2.75, 3.05) is 19.7 Å². The second-order valence-corrected chi connectivity index (χ2v) is 4.73. The molecule has 1 amide bonds. The van der Waals surface area contributed by atoms with Crippen LogP contribution in [0.2, 0.25) is 0 Å². The first-order valence-corrected chi connectivity index (χ1v) is 6.29. The van der Waals surface area contributed by atoms with Crippen LogP contribution in [0.25, 0.3) is 0 Å². The van der Waals surface area contributed by atoms with E-state index in [-0.39, 0.29) is 24.0 Å². The molecule has 0 bridgehead atoms. The van der Waals surface area contributed by atoms with Gasteiger partial charge < -0.3 is 15.7 Å². The van der Waals surface area contributed by atoms with Crippen molar-refractivity contribution in [2.24, 2.45) is 5.41 Å². The maximum atomic E-state index is 11.8. The van der Waals surface area contributed by atoms with Crippen molar-refractivity contribution < 1.29 is 9.90 Å². The fourth-order valence-corrected chi connectivity index (χ4v) is 2.09. The highest BCUT2D eigenvalue weighted by atomic mass is 16.3. The van der Waals surface area contributed by atoms with E-state index in [1.807, 2.05) is 0 Å². The minimum absolute atomic E-state index is 0.0231.